The van der Waals surface area contributed by atoms with Gasteiger partial charge in [-0.3, -0.25) is 9.69 Å². The number of carbonyl (C=O) groups is 1. The normalized spacial score (nSPS) is 15.8. The van der Waals surface area contributed by atoms with Gasteiger partial charge in [0.1, 0.15) is 5.58 Å². The Labute approximate surface area is 193 Å². The molecule has 1 aliphatic rings. The number of para-hydroxylation sites is 1. The Bertz CT molecular complexity index is 1230. The van der Waals surface area contributed by atoms with Crippen LogP contribution in [-0.4, -0.2) is 41.9 Å². The first kappa shape index (κ1) is 20.8. The number of benzene rings is 3. The highest BCUT2D eigenvalue weighted by atomic mass is 35.5. The number of amides is 1. The highest BCUT2D eigenvalue weighted by molar-refractivity contribution is 6.30. The molecule has 0 spiro atoms. The van der Waals surface area contributed by atoms with E-state index >= 15 is 0 Å². The Morgan fingerprint density at radius 3 is 2.16 bits per heavy atom. The summed E-state index contributed by atoms with van der Waals surface area (Å²) in [5.41, 5.74) is 4.12. The van der Waals surface area contributed by atoms with Crippen LogP contribution < -0.4 is 0 Å². The first-order valence-corrected chi connectivity index (χ1v) is 11.3. The summed E-state index contributed by atoms with van der Waals surface area (Å²) in [6.45, 7) is 4.85. The van der Waals surface area contributed by atoms with Crippen LogP contribution in [0.3, 0.4) is 0 Å². The number of halogens is 1. The molecule has 162 valence electrons. The van der Waals surface area contributed by atoms with Gasteiger partial charge < -0.3 is 9.32 Å². The average molecular weight is 445 g/mol. The molecule has 1 amide bonds. The fraction of sp³-hybridized carbons (Fsp3) is 0.222. The van der Waals surface area contributed by atoms with E-state index in [-0.39, 0.29) is 11.9 Å². The smallest absolute Gasteiger partial charge is 0.289 e. The van der Waals surface area contributed by atoms with Crippen LogP contribution in [0.2, 0.25) is 5.02 Å². The summed E-state index contributed by atoms with van der Waals surface area (Å²) in [5.74, 6) is 0.429. The molecule has 5 heteroatoms. The van der Waals surface area contributed by atoms with Crippen molar-refractivity contribution in [3.8, 4) is 0 Å². The molecule has 4 aromatic rings. The maximum Gasteiger partial charge on any atom is 0.289 e. The summed E-state index contributed by atoms with van der Waals surface area (Å²) < 4.78 is 5.92. The number of hydrogen-bond donors (Lipinski definition) is 0. The predicted octanol–water partition coefficient (Wildman–Crippen LogP) is 5.94. The standard InChI is InChI=1S/C27H25ClN2O2/c1-19-23-9-5-6-10-24(23)32-26(19)27(31)30-17-15-29(16-18-30)25(20-7-3-2-4-8-20)21-11-13-22(28)14-12-21/h2-14,25H,15-18H2,1H3/t25-/m1/s1. The van der Waals surface area contributed by atoms with Crippen molar-refractivity contribution in [1.29, 1.82) is 0 Å². The van der Waals surface area contributed by atoms with Gasteiger partial charge in [-0.1, -0.05) is 72.3 Å². The van der Waals surface area contributed by atoms with E-state index < -0.39 is 0 Å². The lowest BCUT2D eigenvalue weighted by atomic mass is 9.96. The highest BCUT2D eigenvalue weighted by Gasteiger charge is 2.30. The SMILES string of the molecule is Cc1c(C(=O)N2CCN([C@H](c3ccccc3)c3ccc(Cl)cc3)CC2)oc2ccccc12. The van der Waals surface area contributed by atoms with Gasteiger partial charge in [0.2, 0.25) is 0 Å². The van der Waals surface area contributed by atoms with Crippen LogP contribution in [0.1, 0.15) is 33.3 Å². The summed E-state index contributed by atoms with van der Waals surface area (Å²) in [7, 11) is 0. The Kier molecular flexibility index (Phi) is 5.73. The van der Waals surface area contributed by atoms with E-state index in [1.54, 1.807) is 0 Å². The molecule has 4 nitrogen and oxygen atoms in total. The molecule has 0 saturated carbocycles. The predicted molar refractivity (Wildman–Crippen MR) is 128 cm³/mol. The quantitative estimate of drug-likeness (QED) is 0.390. The summed E-state index contributed by atoms with van der Waals surface area (Å²) in [6, 6.07) is 26.5. The maximum atomic E-state index is 13.2. The number of nitrogens with zero attached hydrogens (tertiary/aromatic N) is 2. The van der Waals surface area contributed by atoms with Crippen molar-refractivity contribution in [2.24, 2.45) is 0 Å². The first-order chi connectivity index (χ1) is 15.6. The minimum atomic E-state index is -0.0268. The zero-order valence-corrected chi connectivity index (χ0v) is 18.8. The Balaban J connectivity index is 1.36. The number of furan rings is 1. The van der Waals surface area contributed by atoms with E-state index in [4.69, 9.17) is 16.0 Å². The molecule has 32 heavy (non-hydrogen) atoms. The Hall–Kier alpha value is -3.08. The Morgan fingerprint density at radius 1 is 0.844 bits per heavy atom. The second kappa shape index (κ2) is 8.81. The van der Waals surface area contributed by atoms with Gasteiger partial charge >= 0.3 is 0 Å². The summed E-state index contributed by atoms with van der Waals surface area (Å²) in [4.78, 5) is 17.6. The molecule has 2 heterocycles. The third-order valence-electron chi connectivity index (χ3n) is 6.31. The van der Waals surface area contributed by atoms with Gasteiger partial charge in [-0.05, 0) is 36.2 Å². The minimum absolute atomic E-state index is 0.0268. The molecule has 0 aliphatic carbocycles. The molecule has 1 fully saturated rings. The molecular formula is C27H25ClN2O2. The topological polar surface area (TPSA) is 36.7 Å². The lowest BCUT2D eigenvalue weighted by Crippen LogP contribution is -2.49. The fourth-order valence-corrected chi connectivity index (χ4v) is 4.73. The molecule has 1 aromatic heterocycles. The van der Waals surface area contributed by atoms with Gasteiger partial charge in [-0.25, -0.2) is 0 Å². The lowest BCUT2D eigenvalue weighted by Gasteiger charge is -2.39. The number of rotatable bonds is 4. The van der Waals surface area contributed by atoms with Crippen LogP contribution in [-0.2, 0) is 0 Å². The third kappa shape index (κ3) is 3.92. The largest absolute Gasteiger partial charge is 0.451 e. The van der Waals surface area contributed by atoms with E-state index in [0.717, 1.165) is 34.6 Å². The van der Waals surface area contributed by atoms with Gasteiger partial charge in [-0.2, -0.15) is 0 Å². The molecule has 5 rings (SSSR count). The molecule has 0 radical (unpaired) electrons. The molecule has 0 unspecified atom stereocenters. The van der Waals surface area contributed by atoms with Crippen molar-refractivity contribution in [2.45, 2.75) is 13.0 Å². The lowest BCUT2D eigenvalue weighted by molar-refractivity contribution is 0.0569. The van der Waals surface area contributed by atoms with Crippen LogP contribution in [0.15, 0.2) is 83.3 Å². The van der Waals surface area contributed by atoms with E-state index in [1.165, 1.54) is 11.1 Å². The van der Waals surface area contributed by atoms with Crippen LogP contribution in [0.25, 0.3) is 11.0 Å². The van der Waals surface area contributed by atoms with Gasteiger partial charge in [0.05, 0.1) is 6.04 Å². The minimum Gasteiger partial charge on any atom is -0.451 e. The molecule has 1 saturated heterocycles. The average Bonchev–Trinajstić information content (AvgIpc) is 3.18. The first-order valence-electron chi connectivity index (χ1n) is 10.9. The van der Waals surface area contributed by atoms with Crippen LogP contribution in [0.4, 0.5) is 0 Å². The van der Waals surface area contributed by atoms with Gasteiger partial charge in [0.25, 0.3) is 5.91 Å². The number of piperazine rings is 1. The summed E-state index contributed by atoms with van der Waals surface area (Å²) >= 11 is 6.14. The van der Waals surface area contributed by atoms with Crippen molar-refractivity contribution in [1.82, 2.24) is 9.80 Å². The molecular weight excluding hydrogens is 420 g/mol. The number of hydrogen-bond acceptors (Lipinski definition) is 3. The molecule has 0 bridgehead atoms. The number of fused-ring (bicyclic) bond motifs is 1. The van der Waals surface area contributed by atoms with E-state index in [2.05, 4.69) is 41.3 Å². The van der Waals surface area contributed by atoms with Crippen molar-refractivity contribution < 1.29 is 9.21 Å². The molecule has 3 aromatic carbocycles. The summed E-state index contributed by atoms with van der Waals surface area (Å²) in [6.07, 6.45) is 0. The maximum absolute atomic E-state index is 13.2. The zero-order valence-electron chi connectivity index (χ0n) is 18.0. The van der Waals surface area contributed by atoms with Crippen molar-refractivity contribution in [3.05, 3.63) is 106 Å². The Morgan fingerprint density at radius 2 is 1.47 bits per heavy atom. The van der Waals surface area contributed by atoms with Gasteiger partial charge in [0, 0.05) is 42.2 Å². The van der Waals surface area contributed by atoms with Gasteiger partial charge in [-0.15, -0.1) is 0 Å². The van der Waals surface area contributed by atoms with Crippen LogP contribution in [0, 0.1) is 6.92 Å². The van der Waals surface area contributed by atoms with Crippen LogP contribution >= 0.6 is 11.6 Å². The second-order valence-electron chi connectivity index (χ2n) is 8.25. The molecule has 1 aliphatic heterocycles. The number of carbonyl (C=O) groups excluding carboxylic acids is 1. The molecule has 1 atom stereocenters. The van der Waals surface area contributed by atoms with E-state index in [9.17, 15) is 4.79 Å². The number of aryl methyl sites for hydroxylation is 1. The summed E-state index contributed by atoms with van der Waals surface area (Å²) in [5, 5.41) is 1.73. The van der Waals surface area contributed by atoms with E-state index in [1.807, 2.05) is 54.3 Å². The monoisotopic (exact) mass is 444 g/mol. The van der Waals surface area contributed by atoms with E-state index in [0.29, 0.717) is 18.8 Å². The van der Waals surface area contributed by atoms with Crippen molar-refractivity contribution in [3.63, 3.8) is 0 Å². The van der Waals surface area contributed by atoms with Crippen molar-refractivity contribution in [2.75, 3.05) is 26.2 Å². The highest BCUT2D eigenvalue weighted by Crippen LogP contribution is 2.31. The third-order valence-corrected chi connectivity index (χ3v) is 6.56. The van der Waals surface area contributed by atoms with Crippen molar-refractivity contribution >= 4 is 28.5 Å². The van der Waals surface area contributed by atoms with Crippen LogP contribution in [0.5, 0.6) is 0 Å². The molecule has 0 N–H and O–H groups in total. The van der Waals surface area contributed by atoms with Gasteiger partial charge in [0.15, 0.2) is 5.76 Å². The second-order valence-corrected chi connectivity index (χ2v) is 8.68. The fourth-order valence-electron chi connectivity index (χ4n) is 4.60. The zero-order chi connectivity index (χ0) is 22.1.